The van der Waals surface area contributed by atoms with Gasteiger partial charge in [0.15, 0.2) is 0 Å². The minimum Gasteiger partial charge on any atom is -0.456 e. The van der Waals surface area contributed by atoms with Gasteiger partial charge in [0.1, 0.15) is 6.10 Å². The molecule has 110 valence electrons. The lowest BCUT2D eigenvalue weighted by Crippen LogP contribution is -2.36. The van der Waals surface area contributed by atoms with Gasteiger partial charge in [-0.3, -0.25) is 0 Å². The Bertz CT molecular complexity index is 560. The molecule has 2 rings (SSSR count). The van der Waals surface area contributed by atoms with Gasteiger partial charge in [-0.2, -0.15) is 0 Å². The lowest BCUT2D eigenvalue weighted by Gasteiger charge is -2.24. The summed E-state index contributed by atoms with van der Waals surface area (Å²) in [6.07, 6.45) is -0.252. The molecule has 1 N–H and O–H groups in total. The van der Waals surface area contributed by atoms with Gasteiger partial charge in [0, 0.05) is 11.0 Å². The van der Waals surface area contributed by atoms with Crippen molar-refractivity contribution < 1.29 is 9.53 Å². The second-order valence-electron chi connectivity index (χ2n) is 4.76. The van der Waals surface area contributed by atoms with Gasteiger partial charge in [0.2, 0.25) is 0 Å². The SMILES string of the molecule is C[C@H](Nc1ccccc1)[C@H](CBr)OC(=O)c1ccccc1. The number of hydrogen-bond donors (Lipinski definition) is 1. The first-order valence-corrected chi connectivity index (χ1v) is 7.96. The van der Waals surface area contributed by atoms with E-state index in [0.29, 0.717) is 10.9 Å². The lowest BCUT2D eigenvalue weighted by atomic mass is 10.2. The lowest BCUT2D eigenvalue weighted by molar-refractivity contribution is 0.0325. The summed E-state index contributed by atoms with van der Waals surface area (Å²) in [6, 6.07) is 18.9. The number of nitrogens with one attached hydrogen (secondary N) is 1. The number of alkyl halides is 1. The van der Waals surface area contributed by atoms with E-state index in [2.05, 4.69) is 21.2 Å². The van der Waals surface area contributed by atoms with Gasteiger partial charge in [-0.15, -0.1) is 0 Å². The minimum atomic E-state index is -0.304. The fraction of sp³-hybridized carbons (Fsp3) is 0.235. The predicted octanol–water partition coefficient (Wildman–Crippen LogP) is 4.11. The number of esters is 1. The van der Waals surface area contributed by atoms with Crippen LogP contribution in [-0.2, 0) is 4.74 Å². The number of carbonyl (C=O) groups excluding carboxylic acids is 1. The molecule has 3 nitrogen and oxygen atoms in total. The van der Waals surface area contributed by atoms with Gasteiger partial charge < -0.3 is 10.1 Å². The molecule has 0 bridgehead atoms. The first kappa shape index (κ1) is 15.6. The molecule has 4 heteroatoms. The number of anilines is 1. The van der Waals surface area contributed by atoms with Gasteiger partial charge in [-0.05, 0) is 31.2 Å². The van der Waals surface area contributed by atoms with E-state index in [0.717, 1.165) is 5.69 Å². The quantitative estimate of drug-likeness (QED) is 0.631. The Balaban J connectivity index is 1.97. The second-order valence-corrected chi connectivity index (χ2v) is 5.41. The largest absolute Gasteiger partial charge is 0.456 e. The van der Waals surface area contributed by atoms with E-state index in [1.54, 1.807) is 12.1 Å². The van der Waals surface area contributed by atoms with Gasteiger partial charge in [0.05, 0.1) is 11.6 Å². The van der Waals surface area contributed by atoms with Crippen molar-refractivity contribution in [2.45, 2.75) is 19.1 Å². The molecule has 2 aromatic rings. The fourth-order valence-corrected chi connectivity index (χ4v) is 2.63. The molecular formula is C17H18BrNO2. The molecule has 0 aliphatic rings. The highest BCUT2D eigenvalue weighted by atomic mass is 79.9. The summed E-state index contributed by atoms with van der Waals surface area (Å²) in [6.45, 7) is 2.00. The number of hydrogen-bond acceptors (Lipinski definition) is 3. The van der Waals surface area contributed by atoms with Crippen molar-refractivity contribution in [3.05, 3.63) is 66.2 Å². The molecule has 0 aliphatic carbocycles. The number of benzene rings is 2. The highest BCUT2D eigenvalue weighted by molar-refractivity contribution is 9.09. The first-order chi connectivity index (χ1) is 10.2. The molecule has 0 heterocycles. The van der Waals surface area contributed by atoms with Crippen molar-refractivity contribution in [1.82, 2.24) is 0 Å². The van der Waals surface area contributed by atoms with Gasteiger partial charge in [0.25, 0.3) is 0 Å². The topological polar surface area (TPSA) is 38.3 Å². The van der Waals surface area contributed by atoms with E-state index in [1.807, 2.05) is 55.5 Å². The number of ether oxygens (including phenoxy) is 1. The number of carbonyl (C=O) groups is 1. The molecule has 0 saturated heterocycles. The van der Waals surface area contributed by atoms with Crippen LogP contribution >= 0.6 is 15.9 Å². The Hall–Kier alpha value is -1.81. The Labute approximate surface area is 133 Å². The molecular weight excluding hydrogens is 330 g/mol. The summed E-state index contributed by atoms with van der Waals surface area (Å²) in [5.41, 5.74) is 1.57. The highest BCUT2D eigenvalue weighted by Gasteiger charge is 2.21. The van der Waals surface area contributed by atoms with Crippen LogP contribution in [0.1, 0.15) is 17.3 Å². The minimum absolute atomic E-state index is 0.000521. The average molecular weight is 348 g/mol. The monoisotopic (exact) mass is 347 g/mol. The smallest absolute Gasteiger partial charge is 0.338 e. The molecule has 0 aromatic heterocycles. The normalized spacial score (nSPS) is 13.2. The predicted molar refractivity (Wildman–Crippen MR) is 89.0 cm³/mol. The summed E-state index contributed by atoms with van der Waals surface area (Å²) in [7, 11) is 0. The summed E-state index contributed by atoms with van der Waals surface area (Å²) in [5.74, 6) is -0.304. The molecule has 0 aliphatic heterocycles. The van der Waals surface area contributed by atoms with Crippen molar-refractivity contribution in [2.75, 3.05) is 10.6 Å². The van der Waals surface area contributed by atoms with Crippen LogP contribution in [0.3, 0.4) is 0 Å². The molecule has 0 saturated carbocycles. The van der Waals surface area contributed by atoms with Crippen LogP contribution in [0.2, 0.25) is 0 Å². The molecule has 2 aromatic carbocycles. The number of rotatable bonds is 6. The molecule has 0 amide bonds. The summed E-state index contributed by atoms with van der Waals surface area (Å²) in [5, 5.41) is 3.92. The van der Waals surface area contributed by atoms with Crippen LogP contribution in [0.4, 0.5) is 5.69 Å². The number of para-hydroxylation sites is 1. The Morgan fingerprint density at radius 1 is 1.10 bits per heavy atom. The van der Waals surface area contributed by atoms with E-state index in [4.69, 9.17) is 4.74 Å². The van der Waals surface area contributed by atoms with Crippen LogP contribution in [0.25, 0.3) is 0 Å². The van der Waals surface area contributed by atoms with E-state index >= 15 is 0 Å². The van der Waals surface area contributed by atoms with Gasteiger partial charge in [-0.1, -0.05) is 52.3 Å². The number of halogens is 1. The van der Waals surface area contributed by atoms with Crippen LogP contribution in [0.15, 0.2) is 60.7 Å². The van der Waals surface area contributed by atoms with E-state index < -0.39 is 0 Å². The fourth-order valence-electron chi connectivity index (χ4n) is 1.94. The average Bonchev–Trinajstić information content (AvgIpc) is 2.54. The highest BCUT2D eigenvalue weighted by Crippen LogP contribution is 2.14. The zero-order valence-corrected chi connectivity index (χ0v) is 13.4. The summed E-state index contributed by atoms with van der Waals surface area (Å²) in [4.78, 5) is 12.1. The molecule has 0 radical (unpaired) electrons. The van der Waals surface area contributed by atoms with Gasteiger partial charge in [-0.25, -0.2) is 4.79 Å². The maximum absolute atomic E-state index is 12.1. The van der Waals surface area contributed by atoms with E-state index in [-0.39, 0.29) is 18.1 Å². The first-order valence-electron chi connectivity index (χ1n) is 6.84. The van der Waals surface area contributed by atoms with Crippen LogP contribution in [-0.4, -0.2) is 23.4 Å². The molecule has 0 spiro atoms. The second kappa shape index (κ2) is 7.84. The Morgan fingerprint density at radius 2 is 1.67 bits per heavy atom. The zero-order valence-electron chi connectivity index (χ0n) is 11.8. The summed E-state index contributed by atoms with van der Waals surface area (Å²) >= 11 is 3.41. The van der Waals surface area contributed by atoms with Crippen molar-refractivity contribution >= 4 is 27.6 Å². The van der Waals surface area contributed by atoms with E-state index in [9.17, 15) is 4.79 Å². The van der Waals surface area contributed by atoms with Gasteiger partial charge >= 0.3 is 5.97 Å². The van der Waals surface area contributed by atoms with Crippen molar-refractivity contribution in [1.29, 1.82) is 0 Å². The molecule has 2 atom stereocenters. The van der Waals surface area contributed by atoms with E-state index in [1.165, 1.54) is 0 Å². The van der Waals surface area contributed by atoms with Crippen LogP contribution < -0.4 is 5.32 Å². The zero-order chi connectivity index (χ0) is 15.1. The van der Waals surface area contributed by atoms with Crippen molar-refractivity contribution in [3.8, 4) is 0 Å². The maximum Gasteiger partial charge on any atom is 0.338 e. The summed E-state index contributed by atoms with van der Waals surface area (Å²) < 4.78 is 5.57. The van der Waals surface area contributed by atoms with Crippen molar-refractivity contribution in [3.63, 3.8) is 0 Å². The molecule has 0 fully saturated rings. The maximum atomic E-state index is 12.1. The third-order valence-corrected chi connectivity index (χ3v) is 3.78. The third-order valence-electron chi connectivity index (χ3n) is 3.15. The van der Waals surface area contributed by atoms with Crippen molar-refractivity contribution in [2.24, 2.45) is 0 Å². The van der Waals surface area contributed by atoms with Crippen LogP contribution in [0, 0.1) is 0 Å². The Kier molecular flexibility index (Phi) is 5.81. The third kappa shape index (κ3) is 4.60. The molecule has 21 heavy (non-hydrogen) atoms. The molecule has 0 unspecified atom stereocenters. The Morgan fingerprint density at radius 3 is 2.24 bits per heavy atom. The van der Waals surface area contributed by atoms with Crippen LogP contribution in [0.5, 0.6) is 0 Å². The standard InChI is InChI=1S/C17H18BrNO2/c1-13(19-15-10-6-3-7-11-15)16(12-18)21-17(20)14-8-4-2-5-9-14/h2-11,13,16,19H,12H2,1H3/t13-,16-/m0/s1.